The molecule has 8 rings (SSSR count). The Morgan fingerprint density at radius 3 is 2.44 bits per heavy atom. The smallest absolute Gasteiger partial charge is 0.269 e. The standard InChI is InChI=1S/C34H29ClN4O3S/c1-22-32(40)39(25-13-14-27-26-9-2-5-12-30(26)42-31(27)20-25)34(43-22)28-10-3-4-11-29(28)38(33(34)41)21-36-15-17-37(18-16-36)24-8-6-7-23(35)19-24/h2-14,19-20,22H,15-18,21H2,1H3/t22-,34+/m0/s1. The molecule has 3 aliphatic rings. The van der Waals surface area contributed by atoms with Gasteiger partial charge in [0.25, 0.3) is 5.91 Å². The first kappa shape index (κ1) is 26.6. The molecule has 43 heavy (non-hydrogen) atoms. The van der Waals surface area contributed by atoms with Gasteiger partial charge < -0.3 is 9.32 Å². The van der Waals surface area contributed by atoms with Gasteiger partial charge in [0.2, 0.25) is 10.8 Å². The quantitative estimate of drug-likeness (QED) is 0.227. The van der Waals surface area contributed by atoms with E-state index in [1.54, 1.807) is 4.90 Å². The Morgan fingerprint density at radius 2 is 1.60 bits per heavy atom. The highest BCUT2D eigenvalue weighted by atomic mass is 35.5. The molecule has 4 aromatic carbocycles. The number of para-hydroxylation sites is 2. The van der Waals surface area contributed by atoms with Gasteiger partial charge in [0, 0.05) is 65.0 Å². The first-order valence-corrected chi connectivity index (χ1v) is 15.8. The summed E-state index contributed by atoms with van der Waals surface area (Å²) in [7, 11) is 0. The number of fused-ring (bicyclic) bond motifs is 5. The second kappa shape index (κ2) is 10.0. The van der Waals surface area contributed by atoms with Crippen LogP contribution in [0.25, 0.3) is 21.9 Å². The number of thioether (sulfide) groups is 1. The van der Waals surface area contributed by atoms with Crippen molar-refractivity contribution in [1.29, 1.82) is 0 Å². The van der Waals surface area contributed by atoms with Crippen molar-refractivity contribution < 1.29 is 14.0 Å². The number of anilines is 3. The van der Waals surface area contributed by atoms with Crippen molar-refractivity contribution in [2.24, 2.45) is 0 Å². The molecule has 3 aliphatic heterocycles. The summed E-state index contributed by atoms with van der Waals surface area (Å²) in [5.41, 5.74) is 4.97. The number of hydrogen-bond donors (Lipinski definition) is 0. The summed E-state index contributed by atoms with van der Waals surface area (Å²) < 4.78 is 6.17. The summed E-state index contributed by atoms with van der Waals surface area (Å²) in [5, 5.41) is 2.35. The first-order valence-electron chi connectivity index (χ1n) is 14.5. The molecule has 2 atom stereocenters. The Balaban J connectivity index is 1.13. The van der Waals surface area contributed by atoms with Crippen LogP contribution in [0, 0.1) is 0 Å². The van der Waals surface area contributed by atoms with E-state index in [0.717, 1.165) is 64.5 Å². The molecule has 7 nitrogen and oxygen atoms in total. The fourth-order valence-electron chi connectivity index (χ4n) is 6.75. The number of amides is 2. The molecule has 5 aromatic rings. The molecule has 4 heterocycles. The zero-order valence-electron chi connectivity index (χ0n) is 23.6. The molecule has 0 radical (unpaired) electrons. The molecule has 216 valence electrons. The van der Waals surface area contributed by atoms with Gasteiger partial charge in [-0.05, 0) is 49.4 Å². The Hall–Kier alpha value is -3.98. The highest BCUT2D eigenvalue weighted by Crippen LogP contribution is 2.58. The number of rotatable bonds is 4. The van der Waals surface area contributed by atoms with Crippen LogP contribution in [0.1, 0.15) is 12.5 Å². The number of carbonyl (C=O) groups excluding carboxylic acids is 2. The summed E-state index contributed by atoms with van der Waals surface area (Å²) in [6, 6.07) is 29.6. The van der Waals surface area contributed by atoms with Crippen LogP contribution in [-0.2, 0) is 14.5 Å². The largest absolute Gasteiger partial charge is 0.456 e. The second-order valence-corrected chi connectivity index (χ2v) is 13.3. The lowest BCUT2D eigenvalue weighted by atomic mass is 10.0. The molecular formula is C34H29ClN4O3S. The van der Waals surface area contributed by atoms with E-state index in [9.17, 15) is 9.59 Å². The summed E-state index contributed by atoms with van der Waals surface area (Å²) in [6.45, 7) is 5.63. The van der Waals surface area contributed by atoms with Crippen LogP contribution in [0.4, 0.5) is 17.1 Å². The molecule has 0 saturated carbocycles. The third kappa shape index (κ3) is 4.08. The topological polar surface area (TPSA) is 60.2 Å². The lowest BCUT2D eigenvalue weighted by molar-refractivity contribution is -0.124. The van der Waals surface area contributed by atoms with Crippen LogP contribution in [0.3, 0.4) is 0 Å². The van der Waals surface area contributed by atoms with Crippen molar-refractivity contribution in [2.45, 2.75) is 17.0 Å². The summed E-state index contributed by atoms with van der Waals surface area (Å²) in [4.78, 5) is 35.6. The van der Waals surface area contributed by atoms with Gasteiger partial charge in [-0.2, -0.15) is 0 Å². The summed E-state index contributed by atoms with van der Waals surface area (Å²) in [5.74, 6) is -0.168. The van der Waals surface area contributed by atoms with Crippen molar-refractivity contribution >= 4 is 74.2 Å². The average Bonchev–Trinajstić information content (AvgIpc) is 3.61. The molecule has 2 fully saturated rings. The lowest BCUT2D eigenvalue weighted by Crippen LogP contribution is -2.54. The highest BCUT2D eigenvalue weighted by Gasteiger charge is 2.63. The molecule has 2 saturated heterocycles. The van der Waals surface area contributed by atoms with Crippen molar-refractivity contribution in [1.82, 2.24) is 4.90 Å². The normalized spacial score (nSPS) is 22.5. The molecule has 2 amide bonds. The van der Waals surface area contributed by atoms with E-state index in [0.29, 0.717) is 17.9 Å². The van der Waals surface area contributed by atoms with Crippen LogP contribution in [0.15, 0.2) is 95.4 Å². The number of hydrogen-bond acceptors (Lipinski definition) is 6. The number of benzene rings is 4. The Labute approximate surface area is 258 Å². The van der Waals surface area contributed by atoms with Gasteiger partial charge in [-0.3, -0.25) is 24.3 Å². The van der Waals surface area contributed by atoms with Gasteiger partial charge in [0.15, 0.2) is 0 Å². The van der Waals surface area contributed by atoms with Crippen LogP contribution < -0.4 is 14.7 Å². The highest BCUT2D eigenvalue weighted by molar-refractivity contribution is 8.03. The predicted molar refractivity (Wildman–Crippen MR) is 174 cm³/mol. The van der Waals surface area contributed by atoms with Gasteiger partial charge >= 0.3 is 0 Å². The molecular weight excluding hydrogens is 580 g/mol. The molecule has 9 heteroatoms. The van der Waals surface area contributed by atoms with E-state index in [2.05, 4.69) is 15.9 Å². The van der Waals surface area contributed by atoms with Crippen molar-refractivity contribution in [3.05, 3.63) is 102 Å². The first-order chi connectivity index (χ1) is 20.9. The van der Waals surface area contributed by atoms with Gasteiger partial charge in [0.1, 0.15) is 11.2 Å². The molecule has 0 bridgehead atoms. The maximum atomic E-state index is 14.7. The molecule has 0 aliphatic carbocycles. The van der Waals surface area contributed by atoms with E-state index < -0.39 is 4.87 Å². The molecule has 0 N–H and O–H groups in total. The number of nitrogens with zero attached hydrogens (tertiary/aromatic N) is 4. The van der Waals surface area contributed by atoms with Gasteiger partial charge in [-0.25, -0.2) is 0 Å². The fourth-order valence-corrected chi connectivity index (χ4v) is 8.47. The minimum atomic E-state index is -1.19. The van der Waals surface area contributed by atoms with E-state index in [1.165, 1.54) is 11.8 Å². The van der Waals surface area contributed by atoms with Crippen molar-refractivity contribution in [3.63, 3.8) is 0 Å². The third-order valence-electron chi connectivity index (χ3n) is 8.83. The number of piperazine rings is 1. The van der Waals surface area contributed by atoms with E-state index in [4.69, 9.17) is 16.0 Å². The van der Waals surface area contributed by atoms with Crippen LogP contribution >= 0.6 is 23.4 Å². The predicted octanol–water partition coefficient (Wildman–Crippen LogP) is 6.69. The fraction of sp³-hybridized carbons (Fsp3) is 0.235. The number of carbonyl (C=O) groups is 2. The Morgan fingerprint density at radius 1 is 0.837 bits per heavy atom. The zero-order valence-corrected chi connectivity index (χ0v) is 25.1. The summed E-state index contributed by atoms with van der Waals surface area (Å²) in [6.07, 6.45) is 0. The lowest BCUT2D eigenvalue weighted by Gasteiger charge is -2.38. The van der Waals surface area contributed by atoms with Crippen LogP contribution in [0.2, 0.25) is 5.02 Å². The SMILES string of the molecule is C[C@@H]1S[C@]2(C(=O)N(CN3CCN(c4cccc(Cl)c4)CC3)c3ccccc32)N(c2ccc3c(c2)oc2ccccc23)C1=O. The maximum Gasteiger partial charge on any atom is 0.269 e. The van der Waals surface area contributed by atoms with E-state index in [1.807, 2.05) is 96.8 Å². The maximum absolute atomic E-state index is 14.7. The van der Waals surface area contributed by atoms with Crippen molar-refractivity contribution in [2.75, 3.05) is 47.5 Å². The van der Waals surface area contributed by atoms with Crippen LogP contribution in [-0.4, -0.2) is 54.8 Å². The van der Waals surface area contributed by atoms with Gasteiger partial charge in [-0.1, -0.05) is 54.1 Å². The number of halogens is 1. The number of furan rings is 1. The molecule has 1 spiro atoms. The van der Waals surface area contributed by atoms with E-state index >= 15 is 0 Å². The van der Waals surface area contributed by atoms with E-state index in [-0.39, 0.29) is 17.1 Å². The molecule has 1 aromatic heterocycles. The average molecular weight is 609 g/mol. The molecule has 0 unspecified atom stereocenters. The Bertz CT molecular complexity index is 1920. The van der Waals surface area contributed by atoms with Crippen molar-refractivity contribution in [3.8, 4) is 0 Å². The second-order valence-electron chi connectivity index (χ2n) is 11.3. The summed E-state index contributed by atoms with van der Waals surface area (Å²) >= 11 is 7.66. The minimum absolute atomic E-state index is 0.0828. The zero-order chi connectivity index (χ0) is 29.3. The van der Waals surface area contributed by atoms with Crippen LogP contribution in [0.5, 0.6) is 0 Å². The van der Waals surface area contributed by atoms with Gasteiger partial charge in [-0.15, -0.1) is 11.8 Å². The third-order valence-corrected chi connectivity index (χ3v) is 10.5. The van der Waals surface area contributed by atoms with Gasteiger partial charge in [0.05, 0.1) is 17.6 Å². The Kier molecular flexibility index (Phi) is 6.22. The monoisotopic (exact) mass is 608 g/mol. The minimum Gasteiger partial charge on any atom is -0.456 e.